The van der Waals surface area contributed by atoms with E-state index < -0.39 is 11.6 Å². The van der Waals surface area contributed by atoms with Gasteiger partial charge in [0.15, 0.2) is 11.5 Å². The maximum Gasteiger partial charge on any atom is 0.166 e. The maximum atomic E-state index is 13.2. The van der Waals surface area contributed by atoms with E-state index in [4.69, 9.17) is 0 Å². The summed E-state index contributed by atoms with van der Waals surface area (Å²) in [6.45, 7) is 0. The first-order valence-corrected chi connectivity index (χ1v) is 6.73. The molecule has 0 bridgehead atoms. The minimum absolute atomic E-state index is 0.255. The molecule has 4 aromatic rings. The van der Waals surface area contributed by atoms with Gasteiger partial charge < -0.3 is 0 Å². The van der Waals surface area contributed by atoms with E-state index in [9.17, 15) is 8.78 Å². The molecular weight excluding hydrogens is 286 g/mol. The Morgan fingerprint density at radius 3 is 2.59 bits per heavy atom. The van der Waals surface area contributed by atoms with Gasteiger partial charge in [0.1, 0.15) is 18.0 Å². The molecule has 0 spiro atoms. The standard InChI is InChI=1S/C16H10F2N4/c17-11-5-10(6-12(18)8-11)7-15-20-16-13-3-1-2-4-14(13)19-9-22(16)21-15/h1-6,8-9H,7H2. The van der Waals surface area contributed by atoms with E-state index in [2.05, 4.69) is 15.1 Å². The molecule has 108 valence electrons. The topological polar surface area (TPSA) is 43.1 Å². The lowest BCUT2D eigenvalue weighted by molar-refractivity contribution is 0.580. The fourth-order valence-electron chi connectivity index (χ4n) is 2.49. The van der Waals surface area contributed by atoms with E-state index in [1.54, 1.807) is 10.8 Å². The van der Waals surface area contributed by atoms with Gasteiger partial charge in [-0.05, 0) is 29.8 Å². The molecule has 0 amide bonds. The second kappa shape index (κ2) is 4.84. The summed E-state index contributed by atoms with van der Waals surface area (Å²) in [4.78, 5) is 8.76. The van der Waals surface area contributed by atoms with Crippen molar-refractivity contribution in [1.82, 2.24) is 19.6 Å². The Kier molecular flexibility index (Phi) is 2.82. The zero-order valence-corrected chi connectivity index (χ0v) is 11.4. The van der Waals surface area contributed by atoms with Crippen LogP contribution in [0.1, 0.15) is 11.4 Å². The van der Waals surface area contributed by atoms with Crippen LogP contribution in [0.15, 0.2) is 48.8 Å². The molecule has 0 atom stereocenters. The van der Waals surface area contributed by atoms with E-state index in [0.717, 1.165) is 17.0 Å². The molecule has 0 saturated heterocycles. The van der Waals surface area contributed by atoms with Crippen molar-refractivity contribution in [3.8, 4) is 0 Å². The number of para-hydroxylation sites is 1. The third kappa shape index (κ3) is 2.18. The summed E-state index contributed by atoms with van der Waals surface area (Å²) >= 11 is 0. The van der Waals surface area contributed by atoms with Crippen LogP contribution in [0.5, 0.6) is 0 Å². The molecule has 0 aliphatic heterocycles. The first kappa shape index (κ1) is 12.8. The highest BCUT2D eigenvalue weighted by Crippen LogP contribution is 2.17. The van der Waals surface area contributed by atoms with Crippen LogP contribution in [-0.2, 0) is 6.42 Å². The van der Waals surface area contributed by atoms with Gasteiger partial charge in [-0.3, -0.25) is 0 Å². The fraction of sp³-hybridized carbons (Fsp3) is 0.0625. The number of rotatable bonds is 2. The number of fused-ring (bicyclic) bond motifs is 3. The van der Waals surface area contributed by atoms with Gasteiger partial charge >= 0.3 is 0 Å². The van der Waals surface area contributed by atoms with Gasteiger partial charge in [0, 0.05) is 17.9 Å². The minimum Gasteiger partial charge on any atom is -0.236 e. The van der Waals surface area contributed by atoms with Crippen LogP contribution < -0.4 is 0 Å². The summed E-state index contributed by atoms with van der Waals surface area (Å²) in [5.74, 6) is -0.722. The Bertz CT molecular complexity index is 974. The second-order valence-corrected chi connectivity index (χ2v) is 5.01. The first-order valence-electron chi connectivity index (χ1n) is 6.73. The Balaban J connectivity index is 1.81. The monoisotopic (exact) mass is 296 g/mol. The Hall–Kier alpha value is -2.89. The molecule has 0 aliphatic rings. The van der Waals surface area contributed by atoms with E-state index >= 15 is 0 Å². The predicted octanol–water partition coefficient (Wildman–Crippen LogP) is 3.15. The number of aromatic nitrogens is 4. The molecule has 22 heavy (non-hydrogen) atoms. The van der Waals surface area contributed by atoms with Crippen LogP contribution in [0.2, 0.25) is 0 Å². The molecule has 0 fully saturated rings. The van der Waals surface area contributed by atoms with Crippen LogP contribution in [0, 0.1) is 11.6 Å². The first-order chi connectivity index (χ1) is 10.7. The number of hydrogen-bond acceptors (Lipinski definition) is 3. The maximum absolute atomic E-state index is 13.2. The van der Waals surface area contributed by atoms with Crippen molar-refractivity contribution in [2.75, 3.05) is 0 Å². The van der Waals surface area contributed by atoms with Crippen molar-refractivity contribution < 1.29 is 8.78 Å². The molecule has 4 rings (SSSR count). The molecule has 2 aromatic heterocycles. The zero-order chi connectivity index (χ0) is 15.1. The van der Waals surface area contributed by atoms with E-state index in [-0.39, 0.29) is 6.42 Å². The summed E-state index contributed by atoms with van der Waals surface area (Å²) in [7, 11) is 0. The van der Waals surface area contributed by atoms with Crippen molar-refractivity contribution in [3.63, 3.8) is 0 Å². The molecular formula is C16H10F2N4. The third-order valence-electron chi connectivity index (χ3n) is 3.41. The molecule has 0 radical (unpaired) electrons. The van der Waals surface area contributed by atoms with E-state index in [0.29, 0.717) is 17.0 Å². The van der Waals surface area contributed by atoms with Crippen LogP contribution in [0.3, 0.4) is 0 Å². The third-order valence-corrected chi connectivity index (χ3v) is 3.41. The van der Waals surface area contributed by atoms with E-state index in [1.807, 2.05) is 24.3 Å². The molecule has 2 heterocycles. The molecule has 0 N–H and O–H groups in total. The van der Waals surface area contributed by atoms with Crippen LogP contribution in [0.4, 0.5) is 8.78 Å². The highest BCUT2D eigenvalue weighted by molar-refractivity contribution is 5.90. The molecule has 0 saturated carbocycles. The van der Waals surface area contributed by atoms with Crippen molar-refractivity contribution >= 4 is 16.6 Å². The highest BCUT2D eigenvalue weighted by atomic mass is 19.1. The summed E-state index contributed by atoms with van der Waals surface area (Å²) in [6.07, 6.45) is 1.84. The molecule has 4 nitrogen and oxygen atoms in total. The molecule has 0 aliphatic carbocycles. The summed E-state index contributed by atoms with van der Waals surface area (Å²) in [6, 6.07) is 11.0. The lowest BCUT2D eigenvalue weighted by Gasteiger charge is -1.98. The Morgan fingerprint density at radius 1 is 1.00 bits per heavy atom. The van der Waals surface area contributed by atoms with Crippen molar-refractivity contribution in [1.29, 1.82) is 0 Å². The normalized spacial score (nSPS) is 11.4. The predicted molar refractivity (Wildman–Crippen MR) is 77.5 cm³/mol. The van der Waals surface area contributed by atoms with Crippen LogP contribution in [-0.4, -0.2) is 19.6 Å². The van der Waals surface area contributed by atoms with E-state index in [1.165, 1.54) is 12.1 Å². The molecule has 0 unspecified atom stereocenters. The summed E-state index contributed by atoms with van der Waals surface area (Å²) in [5.41, 5.74) is 1.99. The van der Waals surface area contributed by atoms with Gasteiger partial charge in [-0.1, -0.05) is 12.1 Å². The second-order valence-electron chi connectivity index (χ2n) is 5.01. The molecule has 6 heteroatoms. The molecule has 2 aromatic carbocycles. The lowest BCUT2D eigenvalue weighted by atomic mass is 10.1. The largest absolute Gasteiger partial charge is 0.236 e. The highest BCUT2D eigenvalue weighted by Gasteiger charge is 2.10. The zero-order valence-electron chi connectivity index (χ0n) is 11.4. The summed E-state index contributed by atoms with van der Waals surface area (Å²) in [5, 5.41) is 5.20. The quantitative estimate of drug-likeness (QED) is 0.571. The van der Waals surface area contributed by atoms with Crippen molar-refractivity contribution in [2.45, 2.75) is 6.42 Å². The van der Waals surface area contributed by atoms with Gasteiger partial charge in [0.05, 0.1) is 5.52 Å². The Morgan fingerprint density at radius 2 is 1.77 bits per heavy atom. The van der Waals surface area contributed by atoms with Gasteiger partial charge in [0.25, 0.3) is 0 Å². The number of halogens is 2. The smallest absolute Gasteiger partial charge is 0.166 e. The SMILES string of the molecule is Fc1cc(F)cc(Cc2nc3c4ccccc4ncn3n2)c1. The number of benzene rings is 2. The van der Waals surface area contributed by atoms with Crippen molar-refractivity contribution in [2.24, 2.45) is 0 Å². The lowest BCUT2D eigenvalue weighted by Crippen LogP contribution is -1.94. The fourth-order valence-corrected chi connectivity index (χ4v) is 2.49. The van der Waals surface area contributed by atoms with Crippen molar-refractivity contribution in [3.05, 3.63) is 71.8 Å². The van der Waals surface area contributed by atoms with Gasteiger partial charge in [-0.25, -0.2) is 23.3 Å². The minimum atomic E-state index is -0.606. The van der Waals surface area contributed by atoms with Gasteiger partial charge in [-0.2, -0.15) is 0 Å². The van der Waals surface area contributed by atoms with Crippen LogP contribution in [0.25, 0.3) is 16.6 Å². The Labute approximate surface area is 124 Å². The van der Waals surface area contributed by atoms with Gasteiger partial charge in [-0.15, -0.1) is 5.10 Å². The number of hydrogen-bond donors (Lipinski definition) is 0. The number of nitrogens with zero attached hydrogens (tertiary/aromatic N) is 4. The van der Waals surface area contributed by atoms with Crippen LogP contribution >= 0.6 is 0 Å². The average Bonchev–Trinajstić information content (AvgIpc) is 2.89. The summed E-state index contributed by atoms with van der Waals surface area (Å²) < 4.78 is 28.1. The average molecular weight is 296 g/mol. The van der Waals surface area contributed by atoms with Gasteiger partial charge in [0.2, 0.25) is 0 Å².